The van der Waals surface area contributed by atoms with Crippen LogP contribution in [0.2, 0.25) is 0 Å². The van der Waals surface area contributed by atoms with Crippen LogP contribution in [-0.4, -0.2) is 30.0 Å². The highest BCUT2D eigenvalue weighted by Gasteiger charge is 2.49. The van der Waals surface area contributed by atoms with Crippen LogP contribution in [-0.2, 0) is 4.74 Å². The summed E-state index contributed by atoms with van der Waals surface area (Å²) in [6.07, 6.45) is 7.35. The molecular formula is C10H11N3O. The topological polar surface area (TPSA) is 48.6 Å². The fraction of sp³-hybridized carbons (Fsp3) is 0.600. The van der Waals surface area contributed by atoms with E-state index in [1.807, 2.05) is 6.21 Å². The number of hydrogen-bond acceptors (Lipinski definition) is 4. The molecule has 14 heavy (non-hydrogen) atoms. The highest BCUT2D eigenvalue weighted by atomic mass is 16.5. The van der Waals surface area contributed by atoms with Gasteiger partial charge < -0.3 is 4.74 Å². The van der Waals surface area contributed by atoms with Gasteiger partial charge in [-0.2, -0.15) is 5.26 Å². The molecule has 1 fully saturated rings. The van der Waals surface area contributed by atoms with Crippen molar-refractivity contribution in [1.29, 1.82) is 5.26 Å². The van der Waals surface area contributed by atoms with Gasteiger partial charge in [-0.3, -0.25) is 9.89 Å². The molecule has 3 aliphatic rings. The van der Waals surface area contributed by atoms with Crippen LogP contribution in [0.3, 0.4) is 0 Å². The molecule has 1 saturated carbocycles. The van der Waals surface area contributed by atoms with Crippen molar-refractivity contribution >= 4 is 6.21 Å². The molecule has 2 aliphatic heterocycles. The molecule has 0 amide bonds. The van der Waals surface area contributed by atoms with Crippen LogP contribution in [0.1, 0.15) is 19.3 Å². The summed E-state index contributed by atoms with van der Waals surface area (Å²) >= 11 is 0. The molecule has 1 spiro atoms. The lowest BCUT2D eigenvalue weighted by Crippen LogP contribution is -2.44. The van der Waals surface area contributed by atoms with Crippen molar-refractivity contribution in [2.24, 2.45) is 4.99 Å². The molecule has 0 N–H and O–H groups in total. The molecule has 0 aromatic rings. The number of hydrogen-bond donors (Lipinski definition) is 0. The molecule has 0 aromatic heterocycles. The van der Waals surface area contributed by atoms with Crippen molar-refractivity contribution < 1.29 is 4.74 Å². The van der Waals surface area contributed by atoms with Gasteiger partial charge in [-0.05, 0) is 19.3 Å². The molecule has 0 bridgehead atoms. The summed E-state index contributed by atoms with van der Waals surface area (Å²) in [5, 5.41) is 9.00. The molecule has 1 aliphatic carbocycles. The number of aliphatic imine (C=N–C) groups is 1. The zero-order valence-corrected chi connectivity index (χ0v) is 7.86. The van der Waals surface area contributed by atoms with E-state index in [9.17, 15) is 0 Å². The Morgan fingerprint density at radius 2 is 2.43 bits per heavy atom. The second-order valence-corrected chi connectivity index (χ2v) is 3.99. The van der Waals surface area contributed by atoms with E-state index in [2.05, 4.69) is 11.2 Å². The van der Waals surface area contributed by atoms with Gasteiger partial charge in [0.2, 0.25) is 0 Å². The smallest absolute Gasteiger partial charge is 0.185 e. The molecule has 2 heterocycles. The number of ether oxygens (including phenoxy) is 1. The average molecular weight is 189 g/mol. The Hall–Kier alpha value is -1.34. The minimum atomic E-state index is -0.127. The van der Waals surface area contributed by atoms with Crippen molar-refractivity contribution in [3.8, 4) is 6.19 Å². The standard InChI is InChI=1S/C10H11N3O/c11-6-13-7-12-4-8-5-14-10(9(8)13)2-1-3-10/h4H,1-3,5,7H2. The van der Waals surface area contributed by atoms with Gasteiger partial charge in [0.25, 0.3) is 0 Å². The van der Waals surface area contributed by atoms with Crippen LogP contribution in [0, 0.1) is 11.5 Å². The van der Waals surface area contributed by atoms with Gasteiger partial charge in [-0.1, -0.05) is 0 Å². The third-order valence-corrected chi connectivity index (χ3v) is 3.26. The average Bonchev–Trinajstić information content (AvgIpc) is 2.56. The Balaban J connectivity index is 2.05. The summed E-state index contributed by atoms with van der Waals surface area (Å²) in [7, 11) is 0. The van der Waals surface area contributed by atoms with Gasteiger partial charge in [-0.25, -0.2) is 0 Å². The van der Waals surface area contributed by atoms with Crippen LogP contribution in [0.15, 0.2) is 16.3 Å². The fourth-order valence-electron chi connectivity index (χ4n) is 2.43. The number of fused-ring (bicyclic) bond motifs is 1. The predicted molar refractivity (Wildman–Crippen MR) is 50.4 cm³/mol. The Kier molecular flexibility index (Phi) is 1.48. The zero-order valence-electron chi connectivity index (χ0n) is 7.86. The number of nitriles is 1. The molecule has 4 nitrogen and oxygen atoms in total. The molecule has 0 radical (unpaired) electrons. The summed E-state index contributed by atoms with van der Waals surface area (Å²) in [5.41, 5.74) is 2.05. The van der Waals surface area contributed by atoms with Gasteiger partial charge in [0.05, 0.1) is 12.3 Å². The van der Waals surface area contributed by atoms with E-state index in [0.717, 1.165) is 24.1 Å². The first-order valence-electron chi connectivity index (χ1n) is 4.90. The van der Waals surface area contributed by atoms with E-state index in [4.69, 9.17) is 10.00 Å². The summed E-state index contributed by atoms with van der Waals surface area (Å²) in [6.45, 7) is 1.08. The van der Waals surface area contributed by atoms with Crippen molar-refractivity contribution in [3.05, 3.63) is 11.3 Å². The normalized spacial score (nSPS) is 27.5. The van der Waals surface area contributed by atoms with Gasteiger partial charge in [0.1, 0.15) is 12.3 Å². The highest BCUT2D eigenvalue weighted by Crippen LogP contribution is 2.48. The molecule has 0 aromatic carbocycles. The summed E-state index contributed by atoms with van der Waals surface area (Å²) < 4.78 is 5.80. The zero-order chi connectivity index (χ0) is 9.60. The molecule has 3 rings (SSSR count). The van der Waals surface area contributed by atoms with Crippen LogP contribution < -0.4 is 0 Å². The lowest BCUT2D eigenvalue weighted by Gasteiger charge is -2.41. The molecule has 72 valence electrons. The Labute approximate surface area is 82.5 Å². The minimum absolute atomic E-state index is 0.127. The Morgan fingerprint density at radius 3 is 3.07 bits per heavy atom. The first-order valence-corrected chi connectivity index (χ1v) is 4.90. The lowest BCUT2D eigenvalue weighted by molar-refractivity contribution is -0.0523. The predicted octanol–water partition coefficient (Wildman–Crippen LogP) is 1.02. The first kappa shape index (κ1) is 8.01. The molecule has 0 saturated heterocycles. The molecule has 0 atom stereocenters. The van der Waals surface area contributed by atoms with Crippen LogP contribution in [0.4, 0.5) is 0 Å². The largest absolute Gasteiger partial charge is 0.364 e. The maximum Gasteiger partial charge on any atom is 0.185 e. The SMILES string of the molecule is N#CN1CN=CC2=C1C1(CCC1)OC2. The summed E-state index contributed by atoms with van der Waals surface area (Å²) in [4.78, 5) is 5.80. The van der Waals surface area contributed by atoms with Crippen LogP contribution in [0.5, 0.6) is 0 Å². The quantitative estimate of drug-likeness (QED) is 0.534. The minimum Gasteiger partial charge on any atom is -0.364 e. The Bertz CT molecular complexity index is 373. The van der Waals surface area contributed by atoms with Crippen LogP contribution >= 0.6 is 0 Å². The highest BCUT2D eigenvalue weighted by molar-refractivity contribution is 5.82. The third-order valence-electron chi connectivity index (χ3n) is 3.26. The lowest BCUT2D eigenvalue weighted by atomic mass is 9.77. The van der Waals surface area contributed by atoms with Gasteiger partial charge >= 0.3 is 0 Å². The number of rotatable bonds is 0. The van der Waals surface area contributed by atoms with Gasteiger partial charge in [0.15, 0.2) is 6.19 Å². The Morgan fingerprint density at radius 1 is 1.57 bits per heavy atom. The van der Waals surface area contributed by atoms with E-state index < -0.39 is 0 Å². The van der Waals surface area contributed by atoms with Crippen molar-refractivity contribution in [2.45, 2.75) is 24.9 Å². The van der Waals surface area contributed by atoms with E-state index in [1.165, 1.54) is 6.42 Å². The fourth-order valence-corrected chi connectivity index (χ4v) is 2.43. The van der Waals surface area contributed by atoms with Gasteiger partial charge in [-0.15, -0.1) is 0 Å². The second kappa shape index (κ2) is 2.58. The monoisotopic (exact) mass is 189 g/mol. The van der Waals surface area contributed by atoms with Crippen molar-refractivity contribution in [3.63, 3.8) is 0 Å². The second-order valence-electron chi connectivity index (χ2n) is 3.99. The van der Waals surface area contributed by atoms with E-state index in [-0.39, 0.29) is 5.60 Å². The molecular weight excluding hydrogens is 178 g/mol. The third kappa shape index (κ3) is 0.828. The van der Waals surface area contributed by atoms with E-state index in [0.29, 0.717) is 13.3 Å². The maximum absolute atomic E-state index is 9.00. The first-order chi connectivity index (χ1) is 6.86. The van der Waals surface area contributed by atoms with Crippen molar-refractivity contribution in [1.82, 2.24) is 4.90 Å². The molecule has 0 unspecified atom stereocenters. The summed E-state index contributed by atoms with van der Waals surface area (Å²) in [5.74, 6) is 0. The molecule has 4 heteroatoms. The summed E-state index contributed by atoms with van der Waals surface area (Å²) in [6, 6.07) is 0. The maximum atomic E-state index is 9.00. The van der Waals surface area contributed by atoms with Gasteiger partial charge in [0, 0.05) is 11.8 Å². The van der Waals surface area contributed by atoms with Crippen molar-refractivity contribution in [2.75, 3.05) is 13.3 Å². The van der Waals surface area contributed by atoms with Crippen LogP contribution in [0.25, 0.3) is 0 Å². The van der Waals surface area contributed by atoms with E-state index >= 15 is 0 Å². The van der Waals surface area contributed by atoms with E-state index in [1.54, 1.807) is 4.90 Å². The number of nitrogens with zero attached hydrogens (tertiary/aromatic N) is 3.